The number of alkyl halides is 3. The van der Waals surface area contributed by atoms with Gasteiger partial charge in [0.05, 0.1) is 24.0 Å². The van der Waals surface area contributed by atoms with E-state index in [1.807, 2.05) is 0 Å². The van der Waals surface area contributed by atoms with Crippen molar-refractivity contribution in [2.75, 3.05) is 0 Å². The molecule has 12 heteroatoms. The number of halogens is 3. The number of esters is 3. The number of hydrogen-bond donors (Lipinski definition) is 1. The van der Waals surface area contributed by atoms with Gasteiger partial charge in [-0.05, 0) is 12.8 Å². The van der Waals surface area contributed by atoms with Crippen molar-refractivity contribution in [1.29, 1.82) is 0 Å². The number of carbonyl (C=O) groups excluding carboxylic acids is 3. The van der Waals surface area contributed by atoms with Crippen LogP contribution in [0.1, 0.15) is 27.7 Å². The van der Waals surface area contributed by atoms with Crippen LogP contribution in [-0.2, 0) is 38.1 Å². The van der Waals surface area contributed by atoms with Crippen LogP contribution in [0.2, 0.25) is 0 Å². The van der Waals surface area contributed by atoms with Crippen LogP contribution in [-0.4, -0.2) is 78.0 Å². The molecule has 6 rings (SSSR count). The molecule has 0 amide bonds. The summed E-state index contributed by atoms with van der Waals surface area (Å²) in [5.74, 6) is -2.69. The van der Waals surface area contributed by atoms with Crippen molar-refractivity contribution in [2.45, 2.75) is 82.7 Å². The molecule has 0 radical (unpaired) electrons. The van der Waals surface area contributed by atoms with Gasteiger partial charge < -0.3 is 28.8 Å². The highest BCUT2D eigenvalue weighted by atomic mass is 19.4. The summed E-state index contributed by atoms with van der Waals surface area (Å²) in [5, 5.41) is 9.42. The molecule has 4 bridgehead atoms. The minimum absolute atomic E-state index is 0. The third-order valence-electron chi connectivity index (χ3n) is 6.43. The van der Waals surface area contributed by atoms with Gasteiger partial charge >= 0.3 is 24.1 Å². The molecule has 6 fully saturated rings. The first kappa shape index (κ1) is 24.5. The Morgan fingerprint density at radius 2 is 1.44 bits per heavy atom. The zero-order valence-electron chi connectivity index (χ0n) is 15.2. The summed E-state index contributed by atoms with van der Waals surface area (Å²) < 4.78 is 62.3. The number of aliphatic hydroxyl groups is 1. The Balaban J connectivity index is 0.000000190. The van der Waals surface area contributed by atoms with Gasteiger partial charge in [-0.25, -0.2) is 4.79 Å². The van der Waals surface area contributed by atoms with Crippen molar-refractivity contribution in [3.8, 4) is 0 Å². The van der Waals surface area contributed by atoms with E-state index in [1.165, 1.54) is 0 Å². The Hall–Kier alpha value is -2.18. The van der Waals surface area contributed by atoms with Gasteiger partial charge in [0.1, 0.15) is 23.9 Å². The van der Waals surface area contributed by atoms with Crippen LogP contribution >= 0.6 is 0 Å². The fourth-order valence-electron chi connectivity index (χ4n) is 4.95. The molecule has 0 aliphatic carbocycles. The first-order valence-corrected chi connectivity index (χ1v) is 9.43. The minimum Gasteiger partial charge on any atom is -0.456 e. The molecule has 6 aliphatic rings. The van der Waals surface area contributed by atoms with E-state index in [9.17, 15) is 32.7 Å². The van der Waals surface area contributed by atoms with Gasteiger partial charge in [0.2, 0.25) is 0 Å². The van der Waals surface area contributed by atoms with E-state index in [1.54, 1.807) is 0 Å². The Kier molecular flexibility index (Phi) is 6.11. The van der Waals surface area contributed by atoms with Crippen LogP contribution in [0.3, 0.4) is 0 Å². The summed E-state index contributed by atoms with van der Waals surface area (Å²) in [6.45, 7) is 2.66. The molecule has 0 spiro atoms. The van der Waals surface area contributed by atoms with Gasteiger partial charge in [-0.3, -0.25) is 9.59 Å². The van der Waals surface area contributed by atoms with Crippen molar-refractivity contribution < 1.29 is 56.3 Å². The quantitative estimate of drug-likeness (QED) is 0.362. The van der Waals surface area contributed by atoms with Crippen molar-refractivity contribution in [2.24, 2.45) is 11.8 Å². The van der Waals surface area contributed by atoms with Crippen molar-refractivity contribution in [3.63, 3.8) is 0 Å². The standard InChI is InChI=1S/C11H9F3O5.C7H8O4.2CH4/c1-3(11(12,13)14)9(15)18-7-5-2-4-6(17-5)8(7)19-10(4)16;8-4-3-1-2-5(10-3)6(4)11-7(2)9;;/h4-8H,1-2H2;2-6,8H,1H2;2*1H4. The summed E-state index contributed by atoms with van der Waals surface area (Å²) in [7, 11) is 0. The third kappa shape index (κ3) is 3.48. The molecule has 10 unspecified atom stereocenters. The van der Waals surface area contributed by atoms with Gasteiger partial charge in [0.25, 0.3) is 0 Å². The zero-order valence-corrected chi connectivity index (χ0v) is 15.2. The highest BCUT2D eigenvalue weighted by Crippen LogP contribution is 2.48. The fourth-order valence-corrected chi connectivity index (χ4v) is 4.95. The average molecular weight is 466 g/mol. The molecule has 32 heavy (non-hydrogen) atoms. The van der Waals surface area contributed by atoms with E-state index >= 15 is 0 Å². The number of ether oxygens (including phenoxy) is 5. The molecule has 6 heterocycles. The normalized spacial score (nSPS) is 43.5. The average Bonchev–Trinajstić information content (AvgIpc) is 3.45. The Labute approximate surface area is 181 Å². The van der Waals surface area contributed by atoms with Crippen molar-refractivity contribution in [1.82, 2.24) is 0 Å². The molecule has 0 aromatic carbocycles. The maximum Gasteiger partial charge on any atom is 0.422 e. The third-order valence-corrected chi connectivity index (χ3v) is 6.43. The fraction of sp³-hybridized carbons (Fsp3) is 0.750. The van der Waals surface area contributed by atoms with Gasteiger partial charge in [0, 0.05) is 0 Å². The zero-order chi connectivity index (χ0) is 21.5. The molecule has 6 saturated heterocycles. The van der Waals surface area contributed by atoms with Crippen LogP contribution in [0, 0.1) is 11.8 Å². The first-order valence-electron chi connectivity index (χ1n) is 9.43. The molecule has 10 atom stereocenters. The van der Waals surface area contributed by atoms with Crippen LogP contribution < -0.4 is 0 Å². The van der Waals surface area contributed by atoms with Gasteiger partial charge in [-0.15, -0.1) is 0 Å². The lowest BCUT2D eigenvalue weighted by Crippen LogP contribution is -2.41. The molecule has 0 aromatic heterocycles. The van der Waals surface area contributed by atoms with Crippen LogP contribution in [0.4, 0.5) is 13.2 Å². The lowest BCUT2D eigenvalue weighted by molar-refractivity contribution is -0.164. The van der Waals surface area contributed by atoms with E-state index in [4.69, 9.17) is 23.7 Å². The van der Waals surface area contributed by atoms with Gasteiger partial charge in [-0.1, -0.05) is 21.4 Å². The second-order valence-electron chi connectivity index (χ2n) is 8.10. The van der Waals surface area contributed by atoms with Crippen molar-refractivity contribution in [3.05, 3.63) is 12.2 Å². The smallest absolute Gasteiger partial charge is 0.422 e. The number of rotatable bonds is 2. The molecule has 0 aromatic rings. The summed E-state index contributed by atoms with van der Waals surface area (Å²) in [6, 6.07) is 0. The molecule has 9 nitrogen and oxygen atoms in total. The molecule has 0 saturated carbocycles. The second kappa shape index (κ2) is 7.99. The van der Waals surface area contributed by atoms with E-state index in [0.29, 0.717) is 12.8 Å². The maximum absolute atomic E-state index is 12.3. The van der Waals surface area contributed by atoms with Crippen molar-refractivity contribution >= 4 is 17.9 Å². The Morgan fingerprint density at radius 3 is 1.97 bits per heavy atom. The topological polar surface area (TPSA) is 118 Å². The van der Waals surface area contributed by atoms with Crippen LogP contribution in [0.25, 0.3) is 0 Å². The molecular weight excluding hydrogens is 441 g/mol. The number of fused-ring (bicyclic) bond motifs is 2. The highest BCUT2D eigenvalue weighted by Gasteiger charge is 2.65. The van der Waals surface area contributed by atoms with Crippen LogP contribution in [0.5, 0.6) is 0 Å². The Morgan fingerprint density at radius 1 is 0.938 bits per heavy atom. The van der Waals surface area contributed by atoms with E-state index in [2.05, 4.69) is 6.58 Å². The second-order valence-corrected chi connectivity index (χ2v) is 8.10. The molecule has 1 N–H and O–H groups in total. The predicted octanol–water partition coefficient (Wildman–Crippen LogP) is 1.06. The van der Waals surface area contributed by atoms with Crippen LogP contribution in [0.15, 0.2) is 12.2 Å². The lowest BCUT2D eigenvalue weighted by atomic mass is 9.88. The van der Waals surface area contributed by atoms with E-state index in [-0.39, 0.29) is 45.1 Å². The predicted molar refractivity (Wildman–Crippen MR) is 97.8 cm³/mol. The SMILES string of the molecule is C.C.C=C(C(=O)OC1C2CC3C(=O)OC1C3O2)C(F)(F)F.O=C1OC2C(O)C3CC1C2O3. The van der Waals surface area contributed by atoms with E-state index in [0.717, 1.165) is 0 Å². The van der Waals surface area contributed by atoms with Gasteiger partial charge in [-0.2, -0.15) is 13.2 Å². The lowest BCUT2D eigenvalue weighted by Gasteiger charge is -2.23. The molecule has 6 aliphatic heterocycles. The van der Waals surface area contributed by atoms with E-state index < -0.39 is 60.1 Å². The number of hydrogen-bond acceptors (Lipinski definition) is 9. The minimum atomic E-state index is -4.84. The first-order chi connectivity index (χ1) is 14.1. The molecular formula is C20H25F3O9. The molecule has 180 valence electrons. The monoisotopic (exact) mass is 466 g/mol. The summed E-state index contributed by atoms with van der Waals surface area (Å²) >= 11 is 0. The number of carbonyl (C=O) groups is 3. The summed E-state index contributed by atoms with van der Waals surface area (Å²) in [6.07, 6.45) is -8.05. The Bertz CT molecular complexity index is 828. The summed E-state index contributed by atoms with van der Waals surface area (Å²) in [5.41, 5.74) is -1.59. The number of aliphatic hydroxyl groups excluding tert-OH is 1. The summed E-state index contributed by atoms with van der Waals surface area (Å²) in [4.78, 5) is 33.7. The highest BCUT2D eigenvalue weighted by molar-refractivity contribution is 5.89. The van der Waals surface area contributed by atoms with Gasteiger partial charge in [0.15, 0.2) is 18.3 Å². The maximum atomic E-state index is 12.3. The largest absolute Gasteiger partial charge is 0.456 e.